The summed E-state index contributed by atoms with van der Waals surface area (Å²) in [4.78, 5) is 6.95. The molecule has 0 aliphatic carbocycles. The van der Waals surface area contributed by atoms with Gasteiger partial charge in [0.2, 0.25) is 0 Å². The maximum absolute atomic E-state index is 5.93. The molecular weight excluding hydrogens is 236 g/mol. The molecular formula is C16H22N2O. The Hall–Kier alpha value is -1.51. The molecule has 1 aromatic carbocycles. The number of aromatic nitrogens is 1. The van der Waals surface area contributed by atoms with Crippen LogP contribution in [-0.2, 0) is 0 Å². The lowest BCUT2D eigenvalue weighted by molar-refractivity contribution is 0.397. The average Bonchev–Trinajstić information content (AvgIpc) is 3.00. The summed E-state index contributed by atoms with van der Waals surface area (Å²) in [6.45, 7) is 8.82. The van der Waals surface area contributed by atoms with Gasteiger partial charge in [0.15, 0.2) is 5.58 Å². The summed E-state index contributed by atoms with van der Waals surface area (Å²) in [7, 11) is 0. The SMILES string of the molecule is CCC1CN(c2nc3ccc(C)cc3o2)CC1CC. The molecule has 1 aliphatic rings. The predicted octanol–water partition coefficient (Wildman–Crippen LogP) is 4.01. The lowest BCUT2D eigenvalue weighted by Gasteiger charge is -2.12. The van der Waals surface area contributed by atoms with E-state index in [1.807, 2.05) is 6.07 Å². The van der Waals surface area contributed by atoms with Crippen LogP contribution in [0, 0.1) is 18.8 Å². The van der Waals surface area contributed by atoms with Crippen molar-refractivity contribution in [1.29, 1.82) is 0 Å². The van der Waals surface area contributed by atoms with Crippen LogP contribution in [0.2, 0.25) is 0 Å². The van der Waals surface area contributed by atoms with Crippen LogP contribution in [0.5, 0.6) is 0 Å². The van der Waals surface area contributed by atoms with E-state index in [9.17, 15) is 0 Å². The number of nitrogens with zero attached hydrogens (tertiary/aromatic N) is 2. The first-order chi connectivity index (χ1) is 9.21. The van der Waals surface area contributed by atoms with Crippen molar-refractivity contribution in [3.63, 3.8) is 0 Å². The second kappa shape index (κ2) is 4.87. The molecule has 3 rings (SSSR count). The molecule has 0 radical (unpaired) electrons. The normalized spacial score (nSPS) is 23.4. The van der Waals surface area contributed by atoms with E-state index in [4.69, 9.17) is 4.42 Å². The van der Waals surface area contributed by atoms with Crippen molar-refractivity contribution in [3.05, 3.63) is 23.8 Å². The summed E-state index contributed by atoms with van der Waals surface area (Å²) in [6, 6.07) is 7.00. The van der Waals surface area contributed by atoms with Gasteiger partial charge in [0.25, 0.3) is 6.01 Å². The zero-order valence-electron chi connectivity index (χ0n) is 12.0. The smallest absolute Gasteiger partial charge is 0.298 e. The molecule has 1 aliphatic heterocycles. The largest absolute Gasteiger partial charge is 0.423 e. The second-order valence-corrected chi connectivity index (χ2v) is 5.71. The Kier molecular flexibility index (Phi) is 3.21. The molecule has 2 heterocycles. The number of fused-ring (bicyclic) bond motifs is 1. The fraction of sp³-hybridized carbons (Fsp3) is 0.562. The third-order valence-corrected chi connectivity index (χ3v) is 4.43. The van der Waals surface area contributed by atoms with E-state index >= 15 is 0 Å². The Morgan fingerprint density at radius 2 is 1.89 bits per heavy atom. The minimum Gasteiger partial charge on any atom is -0.423 e. The van der Waals surface area contributed by atoms with Crippen molar-refractivity contribution < 1.29 is 4.42 Å². The van der Waals surface area contributed by atoms with Gasteiger partial charge in [0.1, 0.15) is 5.52 Å². The van der Waals surface area contributed by atoms with Crippen LogP contribution in [0.15, 0.2) is 22.6 Å². The van der Waals surface area contributed by atoms with Gasteiger partial charge < -0.3 is 9.32 Å². The average molecular weight is 258 g/mol. The summed E-state index contributed by atoms with van der Waals surface area (Å²) >= 11 is 0. The van der Waals surface area contributed by atoms with Gasteiger partial charge in [-0.3, -0.25) is 0 Å². The molecule has 0 N–H and O–H groups in total. The van der Waals surface area contributed by atoms with Crippen molar-refractivity contribution in [2.75, 3.05) is 18.0 Å². The highest BCUT2D eigenvalue weighted by Gasteiger charge is 2.32. The Labute approximate surface area is 114 Å². The monoisotopic (exact) mass is 258 g/mol. The van der Waals surface area contributed by atoms with E-state index in [0.717, 1.165) is 42.0 Å². The third kappa shape index (κ3) is 2.22. The first kappa shape index (κ1) is 12.5. The van der Waals surface area contributed by atoms with Crippen molar-refractivity contribution >= 4 is 17.1 Å². The van der Waals surface area contributed by atoms with Gasteiger partial charge in [0, 0.05) is 13.1 Å². The quantitative estimate of drug-likeness (QED) is 0.833. The molecule has 1 saturated heterocycles. The van der Waals surface area contributed by atoms with Crippen LogP contribution in [0.1, 0.15) is 32.3 Å². The topological polar surface area (TPSA) is 29.3 Å². The molecule has 1 aromatic heterocycles. The zero-order valence-corrected chi connectivity index (χ0v) is 12.0. The number of hydrogen-bond acceptors (Lipinski definition) is 3. The highest BCUT2D eigenvalue weighted by atomic mass is 16.4. The Balaban J connectivity index is 1.88. The van der Waals surface area contributed by atoms with Crippen LogP contribution >= 0.6 is 0 Å². The van der Waals surface area contributed by atoms with Gasteiger partial charge in [-0.15, -0.1) is 0 Å². The first-order valence-corrected chi connectivity index (χ1v) is 7.33. The standard InChI is InChI=1S/C16H22N2O/c1-4-12-9-18(10-13(12)5-2)16-17-14-7-6-11(3)8-15(14)19-16/h6-8,12-13H,4-5,9-10H2,1-3H3. The van der Waals surface area contributed by atoms with Crippen LogP contribution in [0.4, 0.5) is 6.01 Å². The van der Waals surface area contributed by atoms with E-state index in [0.29, 0.717) is 0 Å². The van der Waals surface area contributed by atoms with Crippen molar-refractivity contribution in [2.24, 2.45) is 11.8 Å². The van der Waals surface area contributed by atoms with Crippen molar-refractivity contribution in [3.8, 4) is 0 Å². The van der Waals surface area contributed by atoms with Gasteiger partial charge in [0.05, 0.1) is 0 Å². The Morgan fingerprint density at radius 1 is 1.21 bits per heavy atom. The second-order valence-electron chi connectivity index (χ2n) is 5.71. The highest BCUT2D eigenvalue weighted by molar-refractivity contribution is 5.75. The summed E-state index contributed by atoms with van der Waals surface area (Å²) in [5.74, 6) is 1.56. The van der Waals surface area contributed by atoms with Gasteiger partial charge in [-0.05, 0) is 36.5 Å². The molecule has 102 valence electrons. The number of anilines is 1. The molecule has 19 heavy (non-hydrogen) atoms. The van der Waals surface area contributed by atoms with Crippen molar-refractivity contribution in [2.45, 2.75) is 33.6 Å². The number of rotatable bonds is 3. The molecule has 3 nitrogen and oxygen atoms in total. The fourth-order valence-corrected chi connectivity index (χ4v) is 3.17. The number of oxazole rings is 1. The van der Waals surface area contributed by atoms with E-state index in [1.54, 1.807) is 0 Å². The number of aryl methyl sites for hydroxylation is 1. The third-order valence-electron chi connectivity index (χ3n) is 4.43. The Morgan fingerprint density at radius 3 is 2.53 bits per heavy atom. The summed E-state index contributed by atoms with van der Waals surface area (Å²) in [6.07, 6.45) is 2.49. The summed E-state index contributed by atoms with van der Waals surface area (Å²) in [5.41, 5.74) is 3.09. The zero-order chi connectivity index (χ0) is 13.4. The number of benzene rings is 1. The van der Waals surface area contributed by atoms with Gasteiger partial charge in [-0.2, -0.15) is 4.98 Å². The molecule has 2 aromatic rings. The van der Waals surface area contributed by atoms with Crippen LogP contribution in [0.25, 0.3) is 11.1 Å². The minimum absolute atomic E-state index is 0.779. The Bertz CT molecular complexity index is 563. The molecule has 2 unspecified atom stereocenters. The van der Waals surface area contributed by atoms with Gasteiger partial charge in [-0.25, -0.2) is 0 Å². The fourth-order valence-electron chi connectivity index (χ4n) is 3.17. The first-order valence-electron chi connectivity index (χ1n) is 7.33. The molecule has 0 bridgehead atoms. The number of hydrogen-bond donors (Lipinski definition) is 0. The predicted molar refractivity (Wildman–Crippen MR) is 78.5 cm³/mol. The molecule has 0 saturated carbocycles. The molecule has 1 fully saturated rings. The van der Waals surface area contributed by atoms with Gasteiger partial charge in [-0.1, -0.05) is 32.8 Å². The molecule has 0 amide bonds. The molecule has 3 heteroatoms. The van der Waals surface area contributed by atoms with E-state index < -0.39 is 0 Å². The van der Waals surface area contributed by atoms with Crippen LogP contribution in [-0.4, -0.2) is 18.1 Å². The lowest BCUT2D eigenvalue weighted by Crippen LogP contribution is -2.20. The maximum Gasteiger partial charge on any atom is 0.298 e. The van der Waals surface area contributed by atoms with Gasteiger partial charge >= 0.3 is 0 Å². The summed E-state index contributed by atoms with van der Waals surface area (Å²) in [5, 5.41) is 0. The molecule has 0 spiro atoms. The minimum atomic E-state index is 0.779. The van der Waals surface area contributed by atoms with E-state index in [2.05, 4.69) is 42.8 Å². The molecule has 2 atom stereocenters. The summed E-state index contributed by atoms with van der Waals surface area (Å²) < 4.78 is 5.93. The maximum atomic E-state index is 5.93. The van der Waals surface area contributed by atoms with E-state index in [-0.39, 0.29) is 0 Å². The highest BCUT2D eigenvalue weighted by Crippen LogP contribution is 2.33. The van der Waals surface area contributed by atoms with Crippen molar-refractivity contribution in [1.82, 2.24) is 4.98 Å². The lowest BCUT2D eigenvalue weighted by atomic mass is 9.92. The van der Waals surface area contributed by atoms with Crippen LogP contribution in [0.3, 0.4) is 0 Å². The van der Waals surface area contributed by atoms with Crippen LogP contribution < -0.4 is 4.90 Å². The van der Waals surface area contributed by atoms with E-state index in [1.165, 1.54) is 18.4 Å².